The first-order valence-electron chi connectivity index (χ1n) is 10.5. The van der Waals surface area contributed by atoms with Crippen LogP contribution in [0.25, 0.3) is 11.1 Å². The molecule has 2 bridgehead atoms. The number of amides is 1. The number of piperidine rings is 1. The SMILES string of the molecule is O=C(c1ccccc1-c1cccnc1)N1CC2CC(Nc3ccc(C(F)(F)F)cn3)C1C2. The van der Waals surface area contributed by atoms with Crippen molar-refractivity contribution < 1.29 is 18.0 Å². The molecule has 0 radical (unpaired) electrons. The van der Waals surface area contributed by atoms with E-state index in [4.69, 9.17) is 0 Å². The summed E-state index contributed by atoms with van der Waals surface area (Å²) in [6.45, 7) is 0.684. The molecule has 2 aromatic heterocycles. The van der Waals surface area contributed by atoms with E-state index in [2.05, 4.69) is 15.3 Å². The highest BCUT2D eigenvalue weighted by Gasteiger charge is 2.47. The van der Waals surface area contributed by atoms with Gasteiger partial charge in [0.2, 0.25) is 0 Å². The van der Waals surface area contributed by atoms with E-state index in [9.17, 15) is 18.0 Å². The van der Waals surface area contributed by atoms with Gasteiger partial charge in [0.05, 0.1) is 11.6 Å². The lowest BCUT2D eigenvalue weighted by atomic mass is 9.98. The topological polar surface area (TPSA) is 58.1 Å². The van der Waals surface area contributed by atoms with Crippen molar-refractivity contribution >= 4 is 11.7 Å². The fourth-order valence-electron chi connectivity index (χ4n) is 4.85. The Balaban J connectivity index is 1.35. The van der Waals surface area contributed by atoms with E-state index in [1.807, 2.05) is 41.3 Å². The smallest absolute Gasteiger partial charge is 0.365 e. The second kappa shape index (κ2) is 7.93. The average Bonchev–Trinajstić information content (AvgIpc) is 3.40. The monoisotopic (exact) mass is 438 g/mol. The number of rotatable bonds is 4. The van der Waals surface area contributed by atoms with E-state index in [-0.39, 0.29) is 18.0 Å². The predicted octanol–water partition coefficient (Wildman–Crippen LogP) is 4.88. The van der Waals surface area contributed by atoms with Gasteiger partial charge in [-0.1, -0.05) is 24.3 Å². The third-order valence-electron chi connectivity index (χ3n) is 6.30. The molecule has 1 aliphatic heterocycles. The summed E-state index contributed by atoms with van der Waals surface area (Å²) in [4.78, 5) is 23.5. The number of anilines is 1. The van der Waals surface area contributed by atoms with E-state index in [1.165, 1.54) is 6.07 Å². The normalized spacial score (nSPS) is 22.2. The Hall–Kier alpha value is -3.42. The maximum Gasteiger partial charge on any atom is 0.417 e. The molecule has 3 aromatic rings. The Morgan fingerprint density at radius 2 is 1.88 bits per heavy atom. The van der Waals surface area contributed by atoms with Gasteiger partial charge in [-0.15, -0.1) is 0 Å². The summed E-state index contributed by atoms with van der Waals surface area (Å²) in [5.41, 5.74) is 1.56. The molecule has 0 spiro atoms. The molecule has 1 aliphatic carbocycles. The van der Waals surface area contributed by atoms with E-state index >= 15 is 0 Å². The zero-order valence-electron chi connectivity index (χ0n) is 17.1. The van der Waals surface area contributed by atoms with Crippen LogP contribution in [-0.4, -0.2) is 39.4 Å². The van der Waals surface area contributed by atoms with Crippen LogP contribution < -0.4 is 5.32 Å². The number of hydrogen-bond donors (Lipinski definition) is 1. The van der Waals surface area contributed by atoms with E-state index in [0.29, 0.717) is 23.8 Å². The fraction of sp³-hybridized carbons (Fsp3) is 0.292. The van der Waals surface area contributed by atoms with E-state index in [0.717, 1.165) is 36.2 Å². The molecule has 8 heteroatoms. The minimum atomic E-state index is -4.41. The van der Waals surface area contributed by atoms with Crippen molar-refractivity contribution in [1.82, 2.24) is 14.9 Å². The van der Waals surface area contributed by atoms with E-state index < -0.39 is 11.7 Å². The lowest BCUT2D eigenvalue weighted by Crippen LogP contribution is -2.47. The molecule has 1 aromatic carbocycles. The van der Waals surface area contributed by atoms with Crippen LogP contribution in [-0.2, 0) is 6.18 Å². The van der Waals surface area contributed by atoms with Gasteiger partial charge in [0.1, 0.15) is 5.82 Å². The number of fused-ring (bicyclic) bond motifs is 2. The number of carbonyl (C=O) groups is 1. The van der Waals surface area contributed by atoms with Gasteiger partial charge in [-0.3, -0.25) is 9.78 Å². The van der Waals surface area contributed by atoms with Crippen LogP contribution in [0, 0.1) is 5.92 Å². The van der Waals surface area contributed by atoms with Gasteiger partial charge in [0.15, 0.2) is 0 Å². The number of benzene rings is 1. The van der Waals surface area contributed by atoms with Crippen molar-refractivity contribution in [1.29, 1.82) is 0 Å². The number of nitrogens with zero attached hydrogens (tertiary/aromatic N) is 3. The molecule has 3 unspecified atom stereocenters. The van der Waals surface area contributed by atoms with Crippen LogP contribution in [0.2, 0.25) is 0 Å². The van der Waals surface area contributed by atoms with Gasteiger partial charge in [0.25, 0.3) is 5.91 Å². The predicted molar refractivity (Wildman–Crippen MR) is 114 cm³/mol. The summed E-state index contributed by atoms with van der Waals surface area (Å²) in [5, 5.41) is 3.25. The molecule has 32 heavy (non-hydrogen) atoms. The highest BCUT2D eigenvalue weighted by atomic mass is 19.4. The zero-order valence-corrected chi connectivity index (χ0v) is 17.1. The van der Waals surface area contributed by atoms with Crippen LogP contribution in [0.5, 0.6) is 0 Å². The molecular weight excluding hydrogens is 417 g/mol. The largest absolute Gasteiger partial charge is 0.417 e. The number of alkyl halides is 3. The van der Waals surface area contributed by atoms with Crippen LogP contribution in [0.4, 0.5) is 19.0 Å². The summed E-state index contributed by atoms with van der Waals surface area (Å²) in [6.07, 6.45) is 1.59. The van der Waals surface area contributed by atoms with Gasteiger partial charge < -0.3 is 10.2 Å². The molecule has 1 N–H and O–H groups in total. The van der Waals surface area contributed by atoms with Crippen molar-refractivity contribution in [3.05, 3.63) is 78.2 Å². The third-order valence-corrected chi connectivity index (χ3v) is 6.30. The number of likely N-dealkylation sites (tertiary alicyclic amines) is 1. The standard InChI is InChI=1S/C24H21F3N4O/c25-24(26,27)17-7-8-22(29-13-17)30-20-10-15-11-21(20)31(14-15)23(32)19-6-2-1-5-18(19)16-4-3-9-28-12-16/h1-9,12-13,15,20-21H,10-11,14H2,(H,29,30). The Kier molecular flexibility index (Phi) is 5.07. The van der Waals surface area contributed by atoms with Crippen molar-refractivity contribution in [3.63, 3.8) is 0 Å². The Morgan fingerprint density at radius 3 is 2.56 bits per heavy atom. The molecule has 3 atom stereocenters. The highest BCUT2D eigenvalue weighted by molar-refractivity contribution is 6.01. The summed E-state index contributed by atoms with van der Waals surface area (Å²) < 4.78 is 38.4. The average molecular weight is 438 g/mol. The number of hydrogen-bond acceptors (Lipinski definition) is 4. The van der Waals surface area contributed by atoms with Crippen LogP contribution in [0.3, 0.4) is 0 Å². The molecule has 1 saturated heterocycles. The van der Waals surface area contributed by atoms with Crippen LogP contribution >= 0.6 is 0 Å². The summed E-state index contributed by atoms with van der Waals surface area (Å²) in [7, 11) is 0. The first-order chi connectivity index (χ1) is 15.4. The number of nitrogens with one attached hydrogen (secondary N) is 1. The Morgan fingerprint density at radius 1 is 1.03 bits per heavy atom. The highest BCUT2D eigenvalue weighted by Crippen LogP contribution is 2.40. The van der Waals surface area contributed by atoms with Crippen molar-refractivity contribution in [2.45, 2.75) is 31.1 Å². The molecule has 2 fully saturated rings. The molecule has 5 rings (SSSR count). The molecule has 164 valence electrons. The maximum absolute atomic E-state index is 13.5. The first-order valence-corrected chi connectivity index (χ1v) is 10.5. The second-order valence-electron chi connectivity index (χ2n) is 8.33. The number of pyridine rings is 2. The van der Waals surface area contributed by atoms with Gasteiger partial charge >= 0.3 is 6.18 Å². The third kappa shape index (κ3) is 3.81. The molecule has 2 aliphatic rings. The second-order valence-corrected chi connectivity index (χ2v) is 8.33. The van der Waals surface area contributed by atoms with Crippen molar-refractivity contribution in [2.24, 2.45) is 5.92 Å². The van der Waals surface area contributed by atoms with Crippen molar-refractivity contribution in [2.75, 3.05) is 11.9 Å². The molecule has 1 amide bonds. The lowest BCUT2D eigenvalue weighted by Gasteiger charge is -2.34. The summed E-state index contributed by atoms with van der Waals surface area (Å²) in [5.74, 6) is 0.712. The fourth-order valence-corrected chi connectivity index (χ4v) is 4.85. The van der Waals surface area contributed by atoms with Crippen molar-refractivity contribution in [3.8, 4) is 11.1 Å². The lowest BCUT2D eigenvalue weighted by molar-refractivity contribution is -0.137. The van der Waals surface area contributed by atoms with Crippen LogP contribution in [0.1, 0.15) is 28.8 Å². The number of aromatic nitrogens is 2. The summed E-state index contributed by atoms with van der Waals surface area (Å²) >= 11 is 0. The van der Waals surface area contributed by atoms with E-state index in [1.54, 1.807) is 12.4 Å². The van der Waals surface area contributed by atoms with Gasteiger partial charge in [-0.05, 0) is 48.6 Å². The maximum atomic E-state index is 13.5. The molecule has 1 saturated carbocycles. The first kappa shape index (κ1) is 20.5. The number of carbonyl (C=O) groups excluding carboxylic acids is 1. The van der Waals surface area contributed by atoms with Gasteiger partial charge in [-0.2, -0.15) is 13.2 Å². The minimum Gasteiger partial charge on any atom is -0.365 e. The molecule has 3 heterocycles. The minimum absolute atomic E-state index is 0.0291. The molecular formula is C24H21F3N4O. The Labute approximate surface area is 183 Å². The zero-order chi connectivity index (χ0) is 22.3. The van der Waals surface area contributed by atoms with Gasteiger partial charge in [-0.25, -0.2) is 4.98 Å². The van der Waals surface area contributed by atoms with Gasteiger partial charge in [0, 0.05) is 42.3 Å². The summed E-state index contributed by atoms with van der Waals surface area (Å²) in [6, 6.07) is 13.6. The quantitative estimate of drug-likeness (QED) is 0.631. The van der Waals surface area contributed by atoms with Crippen LogP contribution in [0.15, 0.2) is 67.1 Å². The number of halogens is 3. The molecule has 5 nitrogen and oxygen atoms in total. The Bertz CT molecular complexity index is 1120.